The predicted octanol–water partition coefficient (Wildman–Crippen LogP) is 3.70. The summed E-state index contributed by atoms with van der Waals surface area (Å²) in [7, 11) is 0. The van der Waals surface area contributed by atoms with Crippen LogP contribution in [0, 0.1) is 12.7 Å². The Bertz CT molecular complexity index is 778. The molecule has 4 heteroatoms. The lowest BCUT2D eigenvalue weighted by Crippen LogP contribution is -2.03. The van der Waals surface area contributed by atoms with Gasteiger partial charge in [-0.25, -0.2) is 4.39 Å². The number of Topliss-reactive ketones (excluding diaryl/α,β-unsaturated/α-hetero) is 1. The van der Waals surface area contributed by atoms with Crippen molar-refractivity contribution in [2.45, 2.75) is 13.3 Å². The highest BCUT2D eigenvalue weighted by Gasteiger charge is 2.18. The van der Waals surface area contributed by atoms with Gasteiger partial charge in [0.2, 0.25) is 5.78 Å². The van der Waals surface area contributed by atoms with Gasteiger partial charge in [0.25, 0.3) is 0 Å². The van der Waals surface area contributed by atoms with Gasteiger partial charge in [-0.1, -0.05) is 6.07 Å². The molecule has 0 amide bonds. The Hall–Kier alpha value is -2.49. The first-order valence-corrected chi connectivity index (χ1v) is 6.26. The van der Waals surface area contributed by atoms with E-state index in [0.717, 1.165) is 5.56 Å². The summed E-state index contributed by atoms with van der Waals surface area (Å²) in [5.41, 5.74) is 2.02. The summed E-state index contributed by atoms with van der Waals surface area (Å²) in [5, 5.41) is 0.638. The number of carbonyl (C=O) groups is 1. The molecule has 20 heavy (non-hydrogen) atoms. The van der Waals surface area contributed by atoms with Crippen LogP contribution in [-0.4, -0.2) is 10.8 Å². The lowest BCUT2D eigenvalue weighted by Gasteiger charge is -1.98. The van der Waals surface area contributed by atoms with Gasteiger partial charge in [-0.15, -0.1) is 0 Å². The van der Waals surface area contributed by atoms with Gasteiger partial charge in [-0.05, 0) is 36.8 Å². The van der Waals surface area contributed by atoms with E-state index in [1.54, 1.807) is 31.5 Å². The topological polar surface area (TPSA) is 43.1 Å². The molecular weight excluding hydrogens is 257 g/mol. The van der Waals surface area contributed by atoms with Crippen LogP contribution in [0.15, 0.2) is 47.1 Å². The van der Waals surface area contributed by atoms with Crippen molar-refractivity contribution in [3.63, 3.8) is 0 Å². The number of carbonyl (C=O) groups excluding carboxylic acids is 1. The number of nitrogens with zero attached hydrogens (tertiary/aromatic N) is 1. The molecule has 0 atom stereocenters. The highest BCUT2D eigenvalue weighted by atomic mass is 19.1. The van der Waals surface area contributed by atoms with E-state index in [9.17, 15) is 9.18 Å². The maximum Gasteiger partial charge on any atom is 0.202 e. The summed E-state index contributed by atoms with van der Waals surface area (Å²) in [6.07, 6.45) is 3.52. The highest BCUT2D eigenvalue weighted by Crippen LogP contribution is 2.26. The number of rotatable bonds is 3. The molecule has 0 spiro atoms. The summed E-state index contributed by atoms with van der Waals surface area (Å²) >= 11 is 0. The first-order chi connectivity index (χ1) is 9.65. The summed E-state index contributed by atoms with van der Waals surface area (Å²) in [6.45, 7) is 1.77. The maximum absolute atomic E-state index is 13.2. The number of aryl methyl sites for hydroxylation is 1. The third-order valence-corrected chi connectivity index (χ3v) is 3.24. The van der Waals surface area contributed by atoms with E-state index in [1.165, 1.54) is 12.1 Å². The van der Waals surface area contributed by atoms with Crippen molar-refractivity contribution >= 4 is 16.8 Å². The van der Waals surface area contributed by atoms with Crippen molar-refractivity contribution in [2.75, 3.05) is 0 Å². The molecule has 0 radical (unpaired) electrons. The minimum Gasteiger partial charge on any atom is -0.453 e. The lowest BCUT2D eigenvalue weighted by molar-refractivity contribution is 0.0967. The van der Waals surface area contributed by atoms with Crippen LogP contribution in [0.25, 0.3) is 11.0 Å². The Morgan fingerprint density at radius 3 is 2.95 bits per heavy atom. The first-order valence-electron chi connectivity index (χ1n) is 6.26. The Kier molecular flexibility index (Phi) is 3.06. The fourth-order valence-electron chi connectivity index (χ4n) is 2.23. The normalized spacial score (nSPS) is 10.9. The van der Waals surface area contributed by atoms with Crippen LogP contribution in [0.3, 0.4) is 0 Å². The van der Waals surface area contributed by atoms with E-state index >= 15 is 0 Å². The number of benzene rings is 1. The monoisotopic (exact) mass is 269 g/mol. The fourth-order valence-corrected chi connectivity index (χ4v) is 2.23. The molecule has 3 rings (SSSR count). The van der Waals surface area contributed by atoms with Gasteiger partial charge in [-0.2, -0.15) is 0 Å². The maximum atomic E-state index is 13.2. The number of furan rings is 1. The minimum atomic E-state index is -0.340. The van der Waals surface area contributed by atoms with Crippen LogP contribution in [-0.2, 0) is 6.42 Å². The van der Waals surface area contributed by atoms with E-state index in [4.69, 9.17) is 4.42 Å². The second-order valence-electron chi connectivity index (χ2n) is 4.66. The summed E-state index contributed by atoms with van der Waals surface area (Å²) < 4.78 is 18.8. The van der Waals surface area contributed by atoms with Gasteiger partial charge in [0.05, 0.1) is 0 Å². The molecule has 100 valence electrons. The van der Waals surface area contributed by atoms with Crippen LogP contribution in [0.1, 0.15) is 21.7 Å². The van der Waals surface area contributed by atoms with E-state index in [-0.39, 0.29) is 23.8 Å². The van der Waals surface area contributed by atoms with E-state index in [0.29, 0.717) is 16.5 Å². The highest BCUT2D eigenvalue weighted by molar-refractivity contribution is 6.01. The Balaban J connectivity index is 1.98. The molecule has 2 heterocycles. The number of fused-ring (bicyclic) bond motifs is 1. The van der Waals surface area contributed by atoms with Crippen molar-refractivity contribution in [1.82, 2.24) is 4.98 Å². The molecule has 0 unspecified atom stereocenters. The van der Waals surface area contributed by atoms with Gasteiger partial charge in [-0.3, -0.25) is 9.78 Å². The molecule has 2 aromatic heterocycles. The van der Waals surface area contributed by atoms with Gasteiger partial charge in [0, 0.05) is 29.8 Å². The number of hydrogen-bond acceptors (Lipinski definition) is 3. The van der Waals surface area contributed by atoms with Gasteiger partial charge >= 0.3 is 0 Å². The van der Waals surface area contributed by atoms with Crippen molar-refractivity contribution in [2.24, 2.45) is 0 Å². The largest absolute Gasteiger partial charge is 0.453 e. The molecular formula is C16H12FNO2. The Morgan fingerprint density at radius 2 is 2.20 bits per heavy atom. The van der Waals surface area contributed by atoms with Crippen LogP contribution < -0.4 is 0 Å². The van der Waals surface area contributed by atoms with E-state index < -0.39 is 0 Å². The SMILES string of the molecule is Cc1c(C(=O)Cc2cccnc2)oc2ccc(F)cc12. The predicted molar refractivity (Wildman–Crippen MR) is 73.2 cm³/mol. The fraction of sp³-hybridized carbons (Fsp3) is 0.125. The number of hydrogen-bond donors (Lipinski definition) is 0. The number of pyridine rings is 1. The van der Waals surface area contributed by atoms with Crippen LogP contribution in [0.5, 0.6) is 0 Å². The van der Waals surface area contributed by atoms with Gasteiger partial charge in [0.15, 0.2) is 5.76 Å². The summed E-state index contributed by atoms with van der Waals surface area (Å²) in [5.74, 6) is -0.186. The Morgan fingerprint density at radius 1 is 1.35 bits per heavy atom. The first kappa shape index (κ1) is 12.5. The lowest BCUT2D eigenvalue weighted by atomic mass is 10.1. The molecule has 0 fully saturated rings. The second kappa shape index (κ2) is 4.89. The number of aromatic nitrogens is 1. The molecule has 0 saturated carbocycles. The summed E-state index contributed by atoms with van der Waals surface area (Å²) in [6, 6.07) is 7.86. The molecule has 1 aromatic carbocycles. The van der Waals surface area contributed by atoms with Crippen molar-refractivity contribution < 1.29 is 13.6 Å². The average Bonchev–Trinajstić information content (AvgIpc) is 2.77. The Labute approximate surface area is 115 Å². The molecule has 0 aliphatic heterocycles. The molecule has 0 bridgehead atoms. The zero-order valence-corrected chi connectivity index (χ0v) is 10.9. The molecule has 3 aromatic rings. The van der Waals surface area contributed by atoms with Crippen molar-refractivity contribution in [3.8, 4) is 0 Å². The zero-order valence-electron chi connectivity index (χ0n) is 10.9. The van der Waals surface area contributed by atoms with Gasteiger partial charge in [0.1, 0.15) is 11.4 Å². The molecule has 0 saturated heterocycles. The van der Waals surface area contributed by atoms with E-state index in [2.05, 4.69) is 4.98 Å². The van der Waals surface area contributed by atoms with E-state index in [1.807, 2.05) is 6.07 Å². The van der Waals surface area contributed by atoms with Crippen LogP contribution in [0.2, 0.25) is 0 Å². The standard InChI is InChI=1S/C16H12FNO2/c1-10-13-8-12(17)4-5-15(13)20-16(10)14(19)7-11-3-2-6-18-9-11/h2-6,8-9H,7H2,1H3. The quantitative estimate of drug-likeness (QED) is 0.681. The van der Waals surface area contributed by atoms with Crippen molar-refractivity contribution in [3.05, 3.63) is 65.4 Å². The molecule has 0 aliphatic carbocycles. The van der Waals surface area contributed by atoms with Crippen LogP contribution >= 0.6 is 0 Å². The van der Waals surface area contributed by atoms with Crippen molar-refractivity contribution in [1.29, 1.82) is 0 Å². The smallest absolute Gasteiger partial charge is 0.202 e. The second-order valence-corrected chi connectivity index (χ2v) is 4.66. The molecule has 0 N–H and O–H groups in total. The zero-order chi connectivity index (χ0) is 14.1. The molecule has 0 aliphatic rings. The number of ketones is 1. The van der Waals surface area contributed by atoms with Crippen LogP contribution in [0.4, 0.5) is 4.39 Å². The third-order valence-electron chi connectivity index (χ3n) is 3.24. The average molecular weight is 269 g/mol. The third kappa shape index (κ3) is 2.20. The van der Waals surface area contributed by atoms with Gasteiger partial charge < -0.3 is 4.42 Å². The minimum absolute atomic E-state index is 0.132. The number of halogens is 1. The summed E-state index contributed by atoms with van der Waals surface area (Å²) in [4.78, 5) is 16.2. The molecule has 3 nitrogen and oxygen atoms in total.